The Kier molecular flexibility index (Phi) is 3.66. The molecule has 19 heavy (non-hydrogen) atoms. The van der Waals surface area contributed by atoms with Crippen LogP contribution in [0.25, 0.3) is 11.3 Å². The smallest absolute Gasteiger partial charge is 0.348 e. The molecule has 1 N–H and O–H groups in total. The predicted octanol–water partition coefficient (Wildman–Crippen LogP) is 1.60. The van der Waals surface area contributed by atoms with Gasteiger partial charge >= 0.3 is 5.97 Å². The fourth-order valence-corrected chi connectivity index (χ4v) is 2.70. The van der Waals surface area contributed by atoms with Gasteiger partial charge in [-0.1, -0.05) is 0 Å². The number of rotatable bonds is 3. The van der Waals surface area contributed by atoms with E-state index < -0.39 is 11.5 Å². The maximum absolute atomic E-state index is 11.7. The molecule has 0 saturated heterocycles. The van der Waals surface area contributed by atoms with Gasteiger partial charge in [-0.15, -0.1) is 11.3 Å². The fraction of sp³-hybridized carbons (Fsp3) is 0.250. The first-order valence-corrected chi connectivity index (χ1v) is 6.26. The number of thiophene rings is 1. The maximum atomic E-state index is 11.7. The van der Waals surface area contributed by atoms with Crippen LogP contribution in [0.4, 0.5) is 0 Å². The van der Waals surface area contributed by atoms with Crippen molar-refractivity contribution in [3.05, 3.63) is 32.5 Å². The van der Waals surface area contributed by atoms with Gasteiger partial charge in [0.2, 0.25) is 5.75 Å². The van der Waals surface area contributed by atoms with E-state index in [1.54, 1.807) is 0 Å². The molecule has 0 saturated carbocycles. The van der Waals surface area contributed by atoms with E-state index in [4.69, 9.17) is 9.47 Å². The molecular weight excluding hydrogens is 268 g/mol. The molecule has 100 valence electrons. The number of hydrogen-bond donors (Lipinski definition) is 1. The van der Waals surface area contributed by atoms with Crippen LogP contribution in [0, 0.1) is 6.92 Å². The molecule has 0 aliphatic rings. The standard InChI is InChI=1S/C12H12N2O4S/c1-6-4-19-10(12(16)18-3)7(6)8-9(17-2)11(15)14-5-13-8/h4-5H,1-3H3,(H,13,14,15). The number of nitrogens with one attached hydrogen (secondary N) is 1. The molecule has 0 bridgehead atoms. The highest BCUT2D eigenvalue weighted by molar-refractivity contribution is 7.12. The molecule has 2 aromatic rings. The summed E-state index contributed by atoms with van der Waals surface area (Å²) in [6.45, 7) is 1.83. The van der Waals surface area contributed by atoms with E-state index >= 15 is 0 Å². The Balaban J connectivity index is 2.72. The van der Waals surface area contributed by atoms with Crippen LogP contribution >= 0.6 is 11.3 Å². The van der Waals surface area contributed by atoms with Crippen LogP contribution < -0.4 is 10.3 Å². The second kappa shape index (κ2) is 5.23. The summed E-state index contributed by atoms with van der Waals surface area (Å²) < 4.78 is 9.80. The summed E-state index contributed by atoms with van der Waals surface area (Å²) in [7, 11) is 2.69. The lowest BCUT2D eigenvalue weighted by molar-refractivity contribution is 0.0607. The van der Waals surface area contributed by atoms with Gasteiger partial charge in [0.05, 0.1) is 20.5 Å². The van der Waals surface area contributed by atoms with Gasteiger partial charge < -0.3 is 14.5 Å². The highest BCUT2D eigenvalue weighted by Crippen LogP contribution is 2.35. The Morgan fingerprint density at radius 1 is 1.42 bits per heavy atom. The number of aromatic nitrogens is 2. The van der Waals surface area contributed by atoms with Crippen molar-refractivity contribution >= 4 is 17.3 Å². The van der Waals surface area contributed by atoms with Gasteiger partial charge in [-0.05, 0) is 17.9 Å². The number of methoxy groups -OCH3 is 2. The zero-order chi connectivity index (χ0) is 14.0. The van der Waals surface area contributed by atoms with Gasteiger partial charge in [0.15, 0.2) is 0 Å². The Bertz CT molecular complexity index is 675. The molecule has 0 aromatic carbocycles. The number of aryl methyl sites for hydroxylation is 1. The molecule has 7 heteroatoms. The minimum Gasteiger partial charge on any atom is -0.490 e. The van der Waals surface area contributed by atoms with Crippen LogP contribution in [0.15, 0.2) is 16.5 Å². The summed E-state index contributed by atoms with van der Waals surface area (Å²) in [6, 6.07) is 0. The number of H-pyrrole nitrogens is 1. The Morgan fingerprint density at radius 2 is 2.16 bits per heavy atom. The molecule has 0 spiro atoms. The van der Waals surface area contributed by atoms with E-state index in [9.17, 15) is 9.59 Å². The molecule has 0 fully saturated rings. The highest BCUT2D eigenvalue weighted by Gasteiger charge is 2.23. The zero-order valence-corrected chi connectivity index (χ0v) is 11.5. The summed E-state index contributed by atoms with van der Waals surface area (Å²) in [5, 5.41) is 1.81. The third-order valence-corrected chi connectivity index (χ3v) is 3.68. The van der Waals surface area contributed by atoms with Gasteiger partial charge in [0.1, 0.15) is 10.6 Å². The highest BCUT2D eigenvalue weighted by atomic mass is 32.1. The summed E-state index contributed by atoms with van der Waals surface area (Å²) in [6.07, 6.45) is 1.28. The van der Waals surface area contributed by atoms with Crippen molar-refractivity contribution in [2.75, 3.05) is 14.2 Å². The molecule has 0 atom stereocenters. The van der Waals surface area contributed by atoms with E-state index in [0.717, 1.165) is 5.56 Å². The predicted molar refractivity (Wildman–Crippen MR) is 70.8 cm³/mol. The van der Waals surface area contributed by atoms with Crippen LogP contribution in [-0.4, -0.2) is 30.2 Å². The lowest BCUT2D eigenvalue weighted by atomic mass is 10.1. The van der Waals surface area contributed by atoms with Crippen molar-refractivity contribution in [3.8, 4) is 17.0 Å². The minimum absolute atomic E-state index is 0.0779. The van der Waals surface area contributed by atoms with E-state index in [1.165, 1.54) is 31.9 Å². The molecule has 0 radical (unpaired) electrons. The molecule has 6 nitrogen and oxygen atoms in total. The normalized spacial score (nSPS) is 10.3. The summed E-state index contributed by atoms with van der Waals surface area (Å²) in [5.74, 6) is -0.383. The first-order valence-electron chi connectivity index (χ1n) is 5.38. The van der Waals surface area contributed by atoms with E-state index in [1.807, 2.05) is 12.3 Å². The number of carbonyl (C=O) groups is 1. The van der Waals surface area contributed by atoms with E-state index in [2.05, 4.69) is 9.97 Å². The minimum atomic E-state index is -0.461. The average Bonchev–Trinajstić information content (AvgIpc) is 2.79. The molecule has 2 rings (SSSR count). The SMILES string of the molecule is COC(=O)c1scc(C)c1-c1nc[nH]c(=O)c1OC. The van der Waals surface area contributed by atoms with E-state index in [-0.39, 0.29) is 5.75 Å². The maximum Gasteiger partial charge on any atom is 0.348 e. The summed E-state index contributed by atoms with van der Waals surface area (Å²) >= 11 is 1.25. The molecule has 2 heterocycles. The number of ether oxygens (including phenoxy) is 2. The fourth-order valence-electron chi connectivity index (χ4n) is 1.74. The number of esters is 1. The van der Waals surface area contributed by atoms with Crippen molar-refractivity contribution in [1.82, 2.24) is 9.97 Å². The van der Waals surface area contributed by atoms with Crippen LogP contribution in [-0.2, 0) is 4.74 Å². The van der Waals surface area contributed by atoms with Crippen molar-refractivity contribution in [2.45, 2.75) is 6.92 Å². The van der Waals surface area contributed by atoms with Gasteiger partial charge in [0.25, 0.3) is 5.56 Å². The second-order valence-corrected chi connectivity index (χ2v) is 4.61. The Hall–Kier alpha value is -2.15. The number of nitrogens with zero attached hydrogens (tertiary/aromatic N) is 1. The van der Waals surface area contributed by atoms with E-state index in [0.29, 0.717) is 16.1 Å². The van der Waals surface area contributed by atoms with Crippen molar-refractivity contribution in [3.63, 3.8) is 0 Å². The third-order valence-electron chi connectivity index (χ3n) is 2.60. The number of hydrogen-bond acceptors (Lipinski definition) is 6. The molecule has 0 aliphatic heterocycles. The van der Waals surface area contributed by atoms with Crippen molar-refractivity contribution < 1.29 is 14.3 Å². The Labute approximate surface area is 113 Å². The quantitative estimate of drug-likeness (QED) is 0.864. The number of aromatic amines is 1. The van der Waals surface area contributed by atoms with Gasteiger partial charge in [-0.2, -0.15) is 0 Å². The molecular formula is C12H12N2O4S. The van der Waals surface area contributed by atoms with Crippen LogP contribution in [0.2, 0.25) is 0 Å². The lowest BCUT2D eigenvalue weighted by Crippen LogP contribution is -2.12. The van der Waals surface area contributed by atoms with Crippen LogP contribution in [0.5, 0.6) is 5.75 Å². The van der Waals surface area contributed by atoms with Crippen molar-refractivity contribution in [1.29, 1.82) is 0 Å². The first kappa shape index (κ1) is 13.3. The van der Waals surface area contributed by atoms with Gasteiger partial charge in [0, 0.05) is 5.56 Å². The molecule has 0 aliphatic carbocycles. The topological polar surface area (TPSA) is 81.3 Å². The third kappa shape index (κ3) is 2.24. The van der Waals surface area contributed by atoms with Gasteiger partial charge in [-0.3, -0.25) is 4.79 Å². The summed E-state index contributed by atoms with van der Waals surface area (Å²) in [4.78, 5) is 30.4. The van der Waals surface area contributed by atoms with Crippen molar-refractivity contribution in [2.24, 2.45) is 0 Å². The van der Waals surface area contributed by atoms with Gasteiger partial charge in [-0.25, -0.2) is 9.78 Å². The Morgan fingerprint density at radius 3 is 2.79 bits per heavy atom. The monoisotopic (exact) mass is 280 g/mol. The summed E-state index contributed by atoms with van der Waals surface area (Å²) in [5.41, 5.74) is 1.35. The lowest BCUT2D eigenvalue weighted by Gasteiger charge is -2.07. The second-order valence-electron chi connectivity index (χ2n) is 3.73. The molecule has 2 aromatic heterocycles. The van der Waals surface area contributed by atoms with Crippen LogP contribution in [0.1, 0.15) is 15.2 Å². The number of carbonyl (C=O) groups excluding carboxylic acids is 1. The molecule has 0 amide bonds. The zero-order valence-electron chi connectivity index (χ0n) is 10.6. The van der Waals surface area contributed by atoms with Crippen LogP contribution in [0.3, 0.4) is 0 Å². The first-order chi connectivity index (χ1) is 9.10. The molecule has 0 unspecified atom stereocenters. The largest absolute Gasteiger partial charge is 0.490 e. The average molecular weight is 280 g/mol.